The molecule has 1 unspecified atom stereocenters. The molecule has 5 aromatic carbocycles. The number of rotatable bonds is 2. The number of benzene rings is 5. The zero-order valence-electron chi connectivity index (χ0n) is 17.9. The lowest BCUT2D eigenvalue weighted by molar-refractivity contribution is 0.625. The number of anilines is 1. The summed E-state index contributed by atoms with van der Waals surface area (Å²) in [5.74, 6) is 0. The van der Waals surface area contributed by atoms with E-state index in [-0.39, 0.29) is 6.29 Å². The van der Waals surface area contributed by atoms with Crippen LogP contribution in [0.2, 0.25) is 0 Å². The summed E-state index contributed by atoms with van der Waals surface area (Å²) in [5, 5.41) is 8.76. The maximum absolute atomic E-state index is 5.28. The van der Waals surface area contributed by atoms with Crippen LogP contribution in [0.3, 0.4) is 0 Å². The molecule has 1 aliphatic rings. The quantitative estimate of drug-likeness (QED) is 0.310. The predicted octanol–water partition coefficient (Wildman–Crippen LogP) is 7.37. The highest BCUT2D eigenvalue weighted by atomic mass is 15.3. The molecular formula is C30H21N3. The number of aliphatic imine (C=N–C) groups is 1. The molecule has 1 N–H and O–H groups in total. The van der Waals surface area contributed by atoms with Gasteiger partial charge in [0.2, 0.25) is 6.29 Å². The molecular weight excluding hydrogens is 402 g/mol. The number of hydrogen-bond donors (Lipinski definition) is 1. The monoisotopic (exact) mass is 423 g/mol. The minimum absolute atomic E-state index is 0.251. The maximum atomic E-state index is 5.28. The summed E-state index contributed by atoms with van der Waals surface area (Å²) >= 11 is 0. The van der Waals surface area contributed by atoms with Crippen LogP contribution in [-0.4, -0.2) is 10.3 Å². The summed E-state index contributed by atoms with van der Waals surface area (Å²) in [6, 6.07) is 40.6. The van der Waals surface area contributed by atoms with E-state index in [1.807, 2.05) is 6.07 Å². The number of para-hydroxylation sites is 2. The Morgan fingerprint density at radius 3 is 2.24 bits per heavy atom. The normalized spacial score (nSPS) is 15.4. The van der Waals surface area contributed by atoms with Gasteiger partial charge in [0.15, 0.2) is 0 Å². The Kier molecular flexibility index (Phi) is 3.91. The van der Waals surface area contributed by atoms with Gasteiger partial charge in [0.1, 0.15) is 0 Å². The largest absolute Gasteiger partial charge is 0.346 e. The summed E-state index contributed by atoms with van der Waals surface area (Å²) in [6.45, 7) is 0. The fourth-order valence-corrected chi connectivity index (χ4v) is 5.16. The van der Waals surface area contributed by atoms with Gasteiger partial charge in [-0.05, 0) is 29.0 Å². The third kappa shape index (κ3) is 2.72. The van der Waals surface area contributed by atoms with Crippen molar-refractivity contribution in [2.45, 2.75) is 6.29 Å². The Balaban J connectivity index is 1.55. The van der Waals surface area contributed by atoms with Crippen molar-refractivity contribution in [3.63, 3.8) is 0 Å². The van der Waals surface area contributed by atoms with Crippen LogP contribution in [0.25, 0.3) is 32.6 Å². The van der Waals surface area contributed by atoms with Gasteiger partial charge in [-0.15, -0.1) is 0 Å². The van der Waals surface area contributed by atoms with Crippen molar-refractivity contribution in [3.05, 3.63) is 126 Å². The third-order valence-corrected chi connectivity index (χ3v) is 6.61. The van der Waals surface area contributed by atoms with Gasteiger partial charge < -0.3 is 9.88 Å². The van der Waals surface area contributed by atoms with Gasteiger partial charge in [-0.1, -0.05) is 97.1 Å². The first-order valence-corrected chi connectivity index (χ1v) is 11.3. The molecule has 7 rings (SSSR count). The first kappa shape index (κ1) is 18.2. The van der Waals surface area contributed by atoms with Gasteiger partial charge in [-0.3, -0.25) is 0 Å². The van der Waals surface area contributed by atoms with Crippen molar-refractivity contribution < 1.29 is 0 Å². The summed E-state index contributed by atoms with van der Waals surface area (Å²) in [6.07, 6.45) is -0.251. The average Bonchev–Trinajstić information content (AvgIpc) is 3.23. The van der Waals surface area contributed by atoms with E-state index in [1.54, 1.807) is 0 Å². The molecule has 0 radical (unpaired) electrons. The van der Waals surface area contributed by atoms with Gasteiger partial charge in [-0.25, -0.2) is 4.99 Å². The zero-order chi connectivity index (χ0) is 21.8. The zero-order valence-corrected chi connectivity index (χ0v) is 17.9. The molecule has 0 spiro atoms. The van der Waals surface area contributed by atoms with Crippen LogP contribution in [-0.2, 0) is 0 Å². The number of hydrogen-bond acceptors (Lipinski definition) is 2. The lowest BCUT2D eigenvalue weighted by atomic mass is 9.99. The van der Waals surface area contributed by atoms with E-state index in [1.165, 1.54) is 32.6 Å². The molecule has 1 atom stereocenters. The number of nitrogens with zero attached hydrogens (tertiary/aromatic N) is 2. The molecule has 0 aliphatic carbocycles. The SMILES string of the molecule is c1ccc(C2=NC(n3c4ccccc4c4c5ccccc5ccc43)Nc3ccccc32)cc1. The summed E-state index contributed by atoms with van der Waals surface area (Å²) in [4.78, 5) is 5.28. The van der Waals surface area contributed by atoms with Crippen LogP contribution in [0, 0.1) is 0 Å². The summed E-state index contributed by atoms with van der Waals surface area (Å²) in [5.41, 5.74) is 6.73. The topological polar surface area (TPSA) is 29.3 Å². The Morgan fingerprint density at radius 1 is 0.606 bits per heavy atom. The maximum Gasteiger partial charge on any atom is 0.201 e. The first-order valence-electron chi connectivity index (χ1n) is 11.3. The van der Waals surface area contributed by atoms with Crippen molar-refractivity contribution in [1.82, 2.24) is 4.57 Å². The van der Waals surface area contributed by atoms with Crippen LogP contribution in [0.4, 0.5) is 5.69 Å². The predicted molar refractivity (Wildman–Crippen MR) is 138 cm³/mol. The highest BCUT2D eigenvalue weighted by Gasteiger charge is 2.25. The molecule has 3 heteroatoms. The molecule has 0 fully saturated rings. The van der Waals surface area contributed by atoms with Crippen molar-refractivity contribution in [1.29, 1.82) is 0 Å². The highest BCUT2D eigenvalue weighted by molar-refractivity contribution is 6.21. The second kappa shape index (κ2) is 7.07. The van der Waals surface area contributed by atoms with E-state index in [0.717, 1.165) is 22.5 Å². The van der Waals surface area contributed by atoms with Crippen molar-refractivity contribution >= 4 is 44.0 Å². The second-order valence-electron chi connectivity index (χ2n) is 8.48. The van der Waals surface area contributed by atoms with E-state index in [0.29, 0.717) is 0 Å². The molecule has 3 nitrogen and oxygen atoms in total. The molecule has 0 saturated heterocycles. The number of nitrogens with one attached hydrogen (secondary N) is 1. The van der Waals surface area contributed by atoms with Crippen LogP contribution in [0.5, 0.6) is 0 Å². The smallest absolute Gasteiger partial charge is 0.201 e. The number of fused-ring (bicyclic) bond motifs is 6. The van der Waals surface area contributed by atoms with Crippen LogP contribution >= 0.6 is 0 Å². The highest BCUT2D eigenvalue weighted by Crippen LogP contribution is 2.39. The molecule has 0 saturated carbocycles. The van der Waals surface area contributed by atoms with Crippen LogP contribution in [0.15, 0.2) is 120 Å². The van der Waals surface area contributed by atoms with E-state index in [4.69, 9.17) is 4.99 Å². The Morgan fingerprint density at radius 2 is 1.33 bits per heavy atom. The third-order valence-electron chi connectivity index (χ3n) is 6.61. The molecule has 6 aromatic rings. The summed E-state index contributed by atoms with van der Waals surface area (Å²) < 4.78 is 2.34. The molecule has 2 heterocycles. The van der Waals surface area contributed by atoms with Gasteiger partial charge in [0, 0.05) is 27.6 Å². The molecule has 33 heavy (non-hydrogen) atoms. The summed E-state index contributed by atoms with van der Waals surface area (Å²) in [7, 11) is 0. The van der Waals surface area contributed by atoms with E-state index in [9.17, 15) is 0 Å². The fraction of sp³-hybridized carbons (Fsp3) is 0.0333. The van der Waals surface area contributed by atoms with E-state index >= 15 is 0 Å². The lowest BCUT2D eigenvalue weighted by Gasteiger charge is -2.28. The first-order chi connectivity index (χ1) is 16.4. The van der Waals surface area contributed by atoms with Crippen LogP contribution in [0.1, 0.15) is 17.4 Å². The van der Waals surface area contributed by atoms with E-state index < -0.39 is 0 Å². The van der Waals surface area contributed by atoms with Crippen molar-refractivity contribution in [2.75, 3.05) is 5.32 Å². The van der Waals surface area contributed by atoms with Gasteiger partial charge >= 0.3 is 0 Å². The lowest BCUT2D eigenvalue weighted by Crippen LogP contribution is -2.24. The van der Waals surface area contributed by atoms with E-state index in [2.05, 4.69) is 119 Å². The molecule has 0 amide bonds. The van der Waals surface area contributed by atoms with Crippen molar-refractivity contribution in [3.8, 4) is 0 Å². The Labute approximate surface area is 191 Å². The van der Waals surface area contributed by atoms with Gasteiger partial charge in [0.25, 0.3) is 0 Å². The average molecular weight is 424 g/mol. The molecule has 156 valence electrons. The number of aromatic nitrogens is 1. The fourth-order valence-electron chi connectivity index (χ4n) is 5.16. The minimum atomic E-state index is -0.251. The van der Waals surface area contributed by atoms with Gasteiger partial charge in [0.05, 0.1) is 16.7 Å². The standard InChI is InChI=1S/C30H21N3/c1-2-11-21(12-3-1)29-23-14-6-8-16-25(23)31-30(32-29)33-26-17-9-7-15-24(26)28-22-13-5-4-10-20(22)18-19-27(28)33/h1-19,30-31H. The van der Waals surface area contributed by atoms with Gasteiger partial charge in [-0.2, -0.15) is 0 Å². The molecule has 1 aliphatic heterocycles. The Hall–Kier alpha value is -4.37. The minimum Gasteiger partial charge on any atom is -0.346 e. The second-order valence-corrected chi connectivity index (χ2v) is 8.48. The molecule has 0 bridgehead atoms. The van der Waals surface area contributed by atoms with Crippen molar-refractivity contribution in [2.24, 2.45) is 4.99 Å². The van der Waals surface area contributed by atoms with Crippen LogP contribution < -0.4 is 5.32 Å². The molecule has 1 aromatic heterocycles. The Bertz CT molecular complexity index is 1690.